The summed E-state index contributed by atoms with van der Waals surface area (Å²) in [5, 5.41) is 1.27. The lowest BCUT2D eigenvalue weighted by Crippen LogP contribution is -2.32. The molecule has 4 rings (SSSR count). The molecule has 0 aliphatic carbocycles. The van der Waals surface area contributed by atoms with Crippen LogP contribution >= 0.6 is 23.4 Å². The van der Waals surface area contributed by atoms with E-state index < -0.39 is 0 Å². The molecule has 1 fully saturated rings. The SMILES string of the molecule is CCOc1cc(/C=C2\SC(=Nc3ccc(OC)cc3)N(CCOC)C2=O)ccc1OCc1ccc(Cl)cc1. The predicted molar refractivity (Wildman–Crippen MR) is 153 cm³/mol. The number of hydrogen-bond donors (Lipinski definition) is 0. The number of nitrogens with zero attached hydrogens (tertiary/aromatic N) is 2. The second-order valence-electron chi connectivity index (χ2n) is 8.21. The topological polar surface area (TPSA) is 69.6 Å². The maximum absolute atomic E-state index is 13.3. The van der Waals surface area contributed by atoms with Crippen molar-refractivity contribution in [1.82, 2.24) is 4.90 Å². The largest absolute Gasteiger partial charge is 0.497 e. The Labute approximate surface area is 232 Å². The third-order valence-corrected chi connectivity index (χ3v) is 6.84. The van der Waals surface area contributed by atoms with E-state index in [9.17, 15) is 4.79 Å². The fourth-order valence-electron chi connectivity index (χ4n) is 3.63. The molecule has 0 spiro atoms. The molecule has 1 amide bonds. The lowest BCUT2D eigenvalue weighted by Gasteiger charge is -2.14. The van der Waals surface area contributed by atoms with Crippen LogP contribution in [0.2, 0.25) is 5.02 Å². The number of ether oxygens (including phenoxy) is 4. The Morgan fingerprint density at radius 1 is 0.974 bits per heavy atom. The number of carbonyl (C=O) groups is 1. The van der Waals surface area contributed by atoms with E-state index in [4.69, 9.17) is 35.5 Å². The summed E-state index contributed by atoms with van der Waals surface area (Å²) in [4.78, 5) is 20.2. The number of halogens is 1. The predicted octanol–water partition coefficient (Wildman–Crippen LogP) is 6.58. The number of methoxy groups -OCH3 is 2. The molecule has 0 bridgehead atoms. The van der Waals surface area contributed by atoms with Crippen molar-refractivity contribution in [3.8, 4) is 17.2 Å². The molecule has 0 saturated carbocycles. The van der Waals surface area contributed by atoms with E-state index in [1.807, 2.05) is 79.7 Å². The van der Waals surface area contributed by atoms with Gasteiger partial charge in [-0.25, -0.2) is 4.99 Å². The number of carbonyl (C=O) groups excluding carboxylic acids is 1. The standard InChI is InChI=1S/C29H29ClN2O5S/c1-4-36-26-17-21(7-14-25(26)37-19-20-5-8-22(30)9-6-20)18-27-28(33)32(15-16-34-2)29(38-27)31-23-10-12-24(35-3)13-11-23/h5-14,17-18H,4,15-16,19H2,1-3H3/b27-18-,31-29?. The first-order chi connectivity index (χ1) is 18.5. The van der Waals surface area contributed by atoms with Crippen molar-refractivity contribution in [3.63, 3.8) is 0 Å². The number of aliphatic imine (C=N–C) groups is 1. The molecule has 3 aromatic rings. The Morgan fingerprint density at radius 3 is 2.42 bits per heavy atom. The van der Waals surface area contributed by atoms with Crippen LogP contribution in [0.5, 0.6) is 17.2 Å². The average molecular weight is 553 g/mol. The zero-order chi connectivity index (χ0) is 26.9. The van der Waals surface area contributed by atoms with E-state index in [-0.39, 0.29) is 5.91 Å². The summed E-state index contributed by atoms with van der Waals surface area (Å²) in [6.07, 6.45) is 1.84. The van der Waals surface area contributed by atoms with Gasteiger partial charge in [-0.15, -0.1) is 0 Å². The molecule has 0 unspecified atom stereocenters. The highest BCUT2D eigenvalue weighted by Crippen LogP contribution is 2.36. The van der Waals surface area contributed by atoms with Gasteiger partial charge in [0.1, 0.15) is 12.4 Å². The van der Waals surface area contributed by atoms with Crippen molar-refractivity contribution >= 4 is 46.2 Å². The van der Waals surface area contributed by atoms with Crippen molar-refractivity contribution in [1.29, 1.82) is 0 Å². The quantitative estimate of drug-likeness (QED) is 0.250. The molecule has 38 heavy (non-hydrogen) atoms. The summed E-state index contributed by atoms with van der Waals surface area (Å²) in [6, 6.07) is 20.5. The zero-order valence-electron chi connectivity index (χ0n) is 21.5. The molecule has 0 N–H and O–H groups in total. The minimum atomic E-state index is -0.125. The van der Waals surface area contributed by atoms with E-state index in [1.54, 1.807) is 19.1 Å². The number of rotatable bonds is 11. The maximum atomic E-state index is 13.3. The molecule has 1 saturated heterocycles. The fourth-order valence-corrected chi connectivity index (χ4v) is 4.78. The molecular weight excluding hydrogens is 524 g/mol. The van der Waals surface area contributed by atoms with Crippen LogP contribution in [0.1, 0.15) is 18.1 Å². The van der Waals surface area contributed by atoms with Crippen molar-refractivity contribution in [2.75, 3.05) is 34.0 Å². The Balaban J connectivity index is 1.56. The zero-order valence-corrected chi connectivity index (χ0v) is 23.1. The molecule has 9 heteroatoms. The van der Waals surface area contributed by atoms with Gasteiger partial charge in [0, 0.05) is 12.1 Å². The van der Waals surface area contributed by atoms with Gasteiger partial charge in [0.15, 0.2) is 16.7 Å². The van der Waals surface area contributed by atoms with E-state index in [0.29, 0.717) is 53.0 Å². The Kier molecular flexibility index (Phi) is 9.70. The molecule has 198 valence electrons. The van der Waals surface area contributed by atoms with Gasteiger partial charge in [0.25, 0.3) is 5.91 Å². The van der Waals surface area contributed by atoms with Gasteiger partial charge in [0.05, 0.1) is 37.5 Å². The maximum Gasteiger partial charge on any atom is 0.266 e. The van der Waals surface area contributed by atoms with Crippen molar-refractivity contribution < 1.29 is 23.7 Å². The average Bonchev–Trinajstić information content (AvgIpc) is 3.21. The molecule has 0 aromatic heterocycles. The molecule has 3 aromatic carbocycles. The summed E-state index contributed by atoms with van der Waals surface area (Å²) in [5.41, 5.74) is 2.54. The number of amidine groups is 1. The molecule has 1 heterocycles. The highest BCUT2D eigenvalue weighted by atomic mass is 35.5. The first-order valence-corrected chi connectivity index (χ1v) is 13.3. The number of amides is 1. The van der Waals surface area contributed by atoms with Crippen LogP contribution in [-0.2, 0) is 16.1 Å². The minimum absolute atomic E-state index is 0.125. The van der Waals surface area contributed by atoms with Crippen LogP contribution in [-0.4, -0.2) is 50.0 Å². The van der Waals surface area contributed by atoms with Crippen LogP contribution in [0.4, 0.5) is 5.69 Å². The van der Waals surface area contributed by atoms with Gasteiger partial charge >= 0.3 is 0 Å². The van der Waals surface area contributed by atoms with Gasteiger partial charge in [-0.1, -0.05) is 29.8 Å². The van der Waals surface area contributed by atoms with Gasteiger partial charge in [0.2, 0.25) is 0 Å². The van der Waals surface area contributed by atoms with E-state index in [0.717, 1.165) is 22.6 Å². The van der Waals surface area contributed by atoms with Crippen molar-refractivity contribution in [2.45, 2.75) is 13.5 Å². The number of benzene rings is 3. The van der Waals surface area contributed by atoms with Crippen LogP contribution in [0, 0.1) is 0 Å². The van der Waals surface area contributed by atoms with E-state index in [2.05, 4.69) is 0 Å². The third-order valence-electron chi connectivity index (χ3n) is 5.58. The second-order valence-corrected chi connectivity index (χ2v) is 9.65. The summed E-state index contributed by atoms with van der Waals surface area (Å²) in [5.74, 6) is 1.85. The van der Waals surface area contributed by atoms with Gasteiger partial charge in [-0.3, -0.25) is 9.69 Å². The van der Waals surface area contributed by atoms with Crippen LogP contribution in [0.3, 0.4) is 0 Å². The molecule has 1 aliphatic rings. The number of hydrogen-bond acceptors (Lipinski definition) is 7. The third kappa shape index (κ3) is 7.10. The lowest BCUT2D eigenvalue weighted by molar-refractivity contribution is -0.122. The highest BCUT2D eigenvalue weighted by molar-refractivity contribution is 8.18. The van der Waals surface area contributed by atoms with Crippen LogP contribution in [0.25, 0.3) is 6.08 Å². The molecule has 7 nitrogen and oxygen atoms in total. The Bertz CT molecular complexity index is 1310. The molecule has 0 radical (unpaired) electrons. The van der Waals surface area contributed by atoms with Gasteiger partial charge < -0.3 is 18.9 Å². The lowest BCUT2D eigenvalue weighted by atomic mass is 10.1. The molecular formula is C29H29ClN2O5S. The second kappa shape index (κ2) is 13.4. The van der Waals surface area contributed by atoms with Gasteiger partial charge in [-0.2, -0.15) is 0 Å². The normalized spacial score (nSPS) is 15.4. The number of thioether (sulfide) groups is 1. The molecule has 1 aliphatic heterocycles. The summed E-state index contributed by atoms with van der Waals surface area (Å²) in [6.45, 7) is 3.58. The fraction of sp³-hybridized carbons (Fsp3) is 0.241. The smallest absolute Gasteiger partial charge is 0.266 e. The Hall–Kier alpha value is -3.46. The summed E-state index contributed by atoms with van der Waals surface area (Å²) >= 11 is 7.30. The van der Waals surface area contributed by atoms with Crippen molar-refractivity contribution in [2.24, 2.45) is 4.99 Å². The van der Waals surface area contributed by atoms with Crippen molar-refractivity contribution in [3.05, 3.63) is 87.8 Å². The monoisotopic (exact) mass is 552 g/mol. The first-order valence-electron chi connectivity index (χ1n) is 12.1. The first kappa shape index (κ1) is 27.6. The summed E-state index contributed by atoms with van der Waals surface area (Å²) < 4.78 is 22.3. The van der Waals surface area contributed by atoms with Crippen LogP contribution < -0.4 is 14.2 Å². The van der Waals surface area contributed by atoms with Gasteiger partial charge in [-0.05, 0) is 84.4 Å². The minimum Gasteiger partial charge on any atom is -0.497 e. The Morgan fingerprint density at radius 2 is 1.74 bits per heavy atom. The van der Waals surface area contributed by atoms with Crippen LogP contribution in [0.15, 0.2) is 76.6 Å². The van der Waals surface area contributed by atoms with E-state index >= 15 is 0 Å². The van der Waals surface area contributed by atoms with E-state index in [1.165, 1.54) is 11.8 Å². The summed E-state index contributed by atoms with van der Waals surface area (Å²) in [7, 11) is 3.22. The molecule has 0 atom stereocenters. The highest BCUT2D eigenvalue weighted by Gasteiger charge is 2.33.